The molecular weight excluding hydrogens is 210 g/mol. The average Bonchev–Trinajstić information content (AvgIpc) is 2.64. The Morgan fingerprint density at radius 2 is 2.31 bits per heavy atom. The highest BCUT2D eigenvalue weighted by Gasteiger charge is 2.07. The summed E-state index contributed by atoms with van der Waals surface area (Å²) in [6, 6.07) is 4.72. The predicted octanol–water partition coefficient (Wildman–Crippen LogP) is -0.190. The average molecular weight is 221 g/mol. The molecule has 0 aliphatic rings. The van der Waals surface area contributed by atoms with Crippen LogP contribution >= 0.6 is 0 Å². The summed E-state index contributed by atoms with van der Waals surface area (Å²) in [7, 11) is 0. The van der Waals surface area contributed by atoms with E-state index in [0.717, 1.165) is 0 Å². The number of fused-ring (bicyclic) bond motifs is 1. The van der Waals surface area contributed by atoms with Crippen LogP contribution in [0.4, 0.5) is 0 Å². The van der Waals surface area contributed by atoms with Crippen LogP contribution in [0.25, 0.3) is 11.1 Å². The molecule has 1 heterocycles. The van der Waals surface area contributed by atoms with E-state index in [4.69, 9.17) is 10.2 Å². The number of benzene rings is 1. The summed E-state index contributed by atoms with van der Waals surface area (Å²) in [5, 5.41) is 2.63. The van der Waals surface area contributed by atoms with E-state index in [2.05, 4.69) is 10.3 Å². The first-order valence-electron chi connectivity index (χ1n) is 4.82. The number of rotatable bonds is 3. The molecule has 1 aromatic carbocycles. The maximum Gasteiger partial charge on any atom is 0.417 e. The Bertz CT molecular complexity index is 570. The fourth-order valence-corrected chi connectivity index (χ4v) is 1.38. The Labute approximate surface area is 90.4 Å². The standard InChI is InChI=1S/C10H11N3O3/c11-3-4-12-9(14)6-1-2-8-7(5-6)13-10(15)16-8/h1-2,5H,3-4,11H2,(H,12,14)(H,13,15). The van der Waals surface area contributed by atoms with E-state index in [-0.39, 0.29) is 5.91 Å². The quantitative estimate of drug-likeness (QED) is 0.668. The summed E-state index contributed by atoms with van der Waals surface area (Å²) in [4.78, 5) is 25.0. The number of nitrogens with one attached hydrogen (secondary N) is 2. The molecule has 2 rings (SSSR count). The monoisotopic (exact) mass is 221 g/mol. The van der Waals surface area contributed by atoms with Gasteiger partial charge in [0.25, 0.3) is 5.91 Å². The summed E-state index contributed by atoms with van der Waals surface area (Å²) in [5.74, 6) is -0.760. The maximum absolute atomic E-state index is 11.6. The van der Waals surface area contributed by atoms with Crippen LogP contribution in [0.5, 0.6) is 0 Å². The second kappa shape index (κ2) is 4.19. The lowest BCUT2D eigenvalue weighted by molar-refractivity contribution is 0.0955. The Morgan fingerprint density at radius 3 is 3.06 bits per heavy atom. The molecule has 0 radical (unpaired) electrons. The van der Waals surface area contributed by atoms with Crippen LogP contribution in [-0.2, 0) is 0 Å². The maximum atomic E-state index is 11.6. The van der Waals surface area contributed by atoms with Crippen molar-refractivity contribution >= 4 is 17.0 Å². The topological polar surface area (TPSA) is 101 Å². The molecule has 4 N–H and O–H groups in total. The number of carbonyl (C=O) groups is 1. The Balaban J connectivity index is 2.31. The molecule has 0 spiro atoms. The summed E-state index contributed by atoms with van der Waals surface area (Å²) in [6.07, 6.45) is 0. The molecule has 2 aromatic rings. The molecule has 0 aliphatic carbocycles. The smallest absolute Gasteiger partial charge is 0.408 e. The summed E-state index contributed by atoms with van der Waals surface area (Å²) in [6.45, 7) is 0.801. The van der Waals surface area contributed by atoms with E-state index in [9.17, 15) is 9.59 Å². The highest BCUT2D eigenvalue weighted by atomic mass is 16.4. The van der Waals surface area contributed by atoms with E-state index >= 15 is 0 Å². The van der Waals surface area contributed by atoms with Gasteiger partial charge in [-0.15, -0.1) is 0 Å². The molecule has 84 valence electrons. The number of aromatic nitrogens is 1. The van der Waals surface area contributed by atoms with Crippen molar-refractivity contribution in [2.45, 2.75) is 0 Å². The number of H-pyrrole nitrogens is 1. The van der Waals surface area contributed by atoms with Crippen LogP contribution in [-0.4, -0.2) is 24.0 Å². The van der Waals surface area contributed by atoms with Gasteiger partial charge in [0.2, 0.25) is 0 Å². The van der Waals surface area contributed by atoms with Crippen LogP contribution in [0.2, 0.25) is 0 Å². The lowest BCUT2D eigenvalue weighted by Gasteiger charge is -2.02. The third-order valence-electron chi connectivity index (χ3n) is 2.11. The van der Waals surface area contributed by atoms with E-state index in [0.29, 0.717) is 29.8 Å². The highest BCUT2D eigenvalue weighted by molar-refractivity contribution is 5.96. The molecule has 0 aliphatic heterocycles. The molecular formula is C10H11N3O3. The second-order valence-corrected chi connectivity index (χ2v) is 3.27. The number of hydrogen-bond donors (Lipinski definition) is 3. The van der Waals surface area contributed by atoms with Crippen molar-refractivity contribution in [3.63, 3.8) is 0 Å². The molecule has 0 fully saturated rings. The van der Waals surface area contributed by atoms with Crippen LogP contribution < -0.4 is 16.8 Å². The summed E-state index contributed by atoms with van der Waals surface area (Å²) < 4.78 is 4.82. The molecule has 1 aromatic heterocycles. The minimum Gasteiger partial charge on any atom is -0.408 e. The molecule has 0 bridgehead atoms. The van der Waals surface area contributed by atoms with Gasteiger partial charge in [-0.1, -0.05) is 0 Å². The molecule has 0 unspecified atom stereocenters. The van der Waals surface area contributed by atoms with Crippen molar-refractivity contribution in [1.29, 1.82) is 0 Å². The number of aromatic amines is 1. The SMILES string of the molecule is NCCNC(=O)c1ccc2oc(=O)[nH]c2c1. The first-order chi connectivity index (χ1) is 7.70. The number of amides is 1. The molecule has 1 amide bonds. The minimum atomic E-state index is -0.533. The first-order valence-corrected chi connectivity index (χ1v) is 4.82. The van der Waals surface area contributed by atoms with E-state index in [1.54, 1.807) is 18.2 Å². The van der Waals surface area contributed by atoms with Gasteiger partial charge >= 0.3 is 5.76 Å². The summed E-state index contributed by atoms with van der Waals surface area (Å²) >= 11 is 0. The van der Waals surface area contributed by atoms with Crippen LogP contribution in [0.3, 0.4) is 0 Å². The third kappa shape index (κ3) is 1.96. The van der Waals surface area contributed by atoms with Crippen LogP contribution in [0.15, 0.2) is 27.4 Å². The van der Waals surface area contributed by atoms with Gasteiger partial charge in [-0.2, -0.15) is 0 Å². The van der Waals surface area contributed by atoms with Gasteiger partial charge in [0, 0.05) is 18.7 Å². The van der Waals surface area contributed by atoms with Crippen molar-refractivity contribution in [3.05, 3.63) is 34.3 Å². The van der Waals surface area contributed by atoms with Gasteiger partial charge in [0.1, 0.15) is 0 Å². The van der Waals surface area contributed by atoms with Gasteiger partial charge < -0.3 is 15.5 Å². The van der Waals surface area contributed by atoms with Gasteiger partial charge in [-0.3, -0.25) is 9.78 Å². The predicted molar refractivity (Wildman–Crippen MR) is 58.2 cm³/mol. The van der Waals surface area contributed by atoms with Crippen LogP contribution in [0, 0.1) is 0 Å². The normalized spacial score (nSPS) is 10.6. The van der Waals surface area contributed by atoms with Gasteiger partial charge in [-0.05, 0) is 18.2 Å². The fourth-order valence-electron chi connectivity index (χ4n) is 1.38. The zero-order chi connectivity index (χ0) is 11.5. The Kier molecular flexibility index (Phi) is 2.74. The molecule has 0 saturated heterocycles. The van der Waals surface area contributed by atoms with E-state index in [1.807, 2.05) is 0 Å². The lowest BCUT2D eigenvalue weighted by Crippen LogP contribution is -2.28. The lowest BCUT2D eigenvalue weighted by atomic mass is 10.2. The number of carbonyl (C=O) groups excluding carboxylic acids is 1. The molecule has 0 atom stereocenters. The van der Waals surface area contributed by atoms with E-state index < -0.39 is 5.76 Å². The van der Waals surface area contributed by atoms with E-state index in [1.165, 1.54) is 0 Å². The zero-order valence-electron chi connectivity index (χ0n) is 8.45. The highest BCUT2D eigenvalue weighted by Crippen LogP contribution is 2.11. The third-order valence-corrected chi connectivity index (χ3v) is 2.11. The van der Waals surface area contributed by atoms with Gasteiger partial charge in [0.05, 0.1) is 5.52 Å². The minimum absolute atomic E-state index is 0.227. The Morgan fingerprint density at radius 1 is 1.50 bits per heavy atom. The van der Waals surface area contributed by atoms with Crippen molar-refractivity contribution in [1.82, 2.24) is 10.3 Å². The van der Waals surface area contributed by atoms with Crippen molar-refractivity contribution < 1.29 is 9.21 Å². The van der Waals surface area contributed by atoms with Gasteiger partial charge in [-0.25, -0.2) is 4.79 Å². The Hall–Kier alpha value is -2.08. The van der Waals surface area contributed by atoms with Crippen molar-refractivity contribution in [3.8, 4) is 0 Å². The molecule has 0 saturated carbocycles. The summed E-state index contributed by atoms with van der Waals surface area (Å²) in [5.41, 5.74) is 6.66. The van der Waals surface area contributed by atoms with Crippen molar-refractivity contribution in [2.75, 3.05) is 13.1 Å². The largest absolute Gasteiger partial charge is 0.417 e. The number of hydrogen-bond acceptors (Lipinski definition) is 4. The number of nitrogens with two attached hydrogens (primary N) is 1. The van der Waals surface area contributed by atoms with Crippen molar-refractivity contribution in [2.24, 2.45) is 5.73 Å². The molecule has 6 heteroatoms. The number of oxazole rings is 1. The fraction of sp³-hybridized carbons (Fsp3) is 0.200. The molecule has 6 nitrogen and oxygen atoms in total. The molecule has 16 heavy (non-hydrogen) atoms. The van der Waals surface area contributed by atoms with Gasteiger partial charge in [0.15, 0.2) is 5.58 Å². The van der Waals surface area contributed by atoms with Crippen LogP contribution in [0.1, 0.15) is 10.4 Å². The second-order valence-electron chi connectivity index (χ2n) is 3.27. The zero-order valence-corrected chi connectivity index (χ0v) is 8.45. The first kappa shape index (κ1) is 10.4.